The van der Waals surface area contributed by atoms with Gasteiger partial charge in [0.2, 0.25) is 4.80 Å². The predicted octanol–water partition coefficient (Wildman–Crippen LogP) is 6.77. The summed E-state index contributed by atoms with van der Waals surface area (Å²) in [5.74, 6) is 1.29. The zero-order chi connectivity index (χ0) is 26.8. The minimum absolute atomic E-state index is 0.172. The van der Waals surface area contributed by atoms with E-state index in [1.165, 1.54) is 49.0 Å². The van der Waals surface area contributed by atoms with Crippen LogP contribution in [0.4, 0.5) is 5.69 Å². The van der Waals surface area contributed by atoms with E-state index in [2.05, 4.69) is 24.3 Å². The second kappa shape index (κ2) is 10.9. The van der Waals surface area contributed by atoms with Gasteiger partial charge < -0.3 is 4.42 Å². The van der Waals surface area contributed by atoms with E-state index in [4.69, 9.17) is 14.5 Å². The lowest BCUT2D eigenvalue weighted by Gasteiger charge is -2.22. The number of para-hydroxylation sites is 1. The average Bonchev–Trinajstić information content (AvgIpc) is 3.69. The molecule has 1 aliphatic rings. The van der Waals surface area contributed by atoms with Crippen molar-refractivity contribution in [2.75, 3.05) is 0 Å². The number of aromatic nitrogens is 3. The van der Waals surface area contributed by atoms with E-state index in [1.54, 1.807) is 21.8 Å². The van der Waals surface area contributed by atoms with Crippen LogP contribution in [0, 0.1) is 6.92 Å². The second-order valence-electron chi connectivity index (χ2n) is 9.95. The fraction of sp³-hybridized carbons (Fsp3) is 0.258. The van der Waals surface area contributed by atoms with Crippen molar-refractivity contribution in [1.82, 2.24) is 14.0 Å². The monoisotopic (exact) mass is 537 g/mol. The van der Waals surface area contributed by atoms with E-state index in [0.717, 1.165) is 22.6 Å². The normalized spacial score (nSPS) is 15.0. The molecule has 0 bridgehead atoms. The average molecular weight is 538 g/mol. The van der Waals surface area contributed by atoms with Crippen LogP contribution in [0.15, 0.2) is 97.7 Å². The lowest BCUT2D eigenvalue weighted by Crippen LogP contribution is -2.19. The zero-order valence-corrected chi connectivity index (χ0v) is 23.0. The third kappa shape index (κ3) is 5.00. The van der Waals surface area contributed by atoms with Crippen LogP contribution in [0.5, 0.6) is 0 Å². The minimum atomic E-state index is -0.172. The molecule has 1 fully saturated rings. The molecule has 0 amide bonds. The summed E-state index contributed by atoms with van der Waals surface area (Å²) in [6, 6.07) is 22.1. The van der Waals surface area contributed by atoms with Crippen LogP contribution in [0.1, 0.15) is 55.0 Å². The number of nitrogens with zero attached hydrogens (tertiary/aromatic N) is 5. The third-order valence-corrected chi connectivity index (χ3v) is 8.36. The first-order valence-corrected chi connectivity index (χ1v) is 14.3. The Morgan fingerprint density at radius 2 is 1.74 bits per heavy atom. The first kappa shape index (κ1) is 25.1. The first-order valence-electron chi connectivity index (χ1n) is 13.4. The van der Waals surface area contributed by atoms with Gasteiger partial charge in [0.15, 0.2) is 5.69 Å². The van der Waals surface area contributed by atoms with Crippen molar-refractivity contribution in [3.63, 3.8) is 0 Å². The van der Waals surface area contributed by atoms with E-state index in [0.29, 0.717) is 22.2 Å². The summed E-state index contributed by atoms with van der Waals surface area (Å²) in [6.45, 7) is 1.91. The van der Waals surface area contributed by atoms with Crippen LogP contribution >= 0.6 is 11.3 Å². The number of thiazole rings is 1. The van der Waals surface area contributed by atoms with Crippen molar-refractivity contribution in [2.45, 2.75) is 44.9 Å². The highest BCUT2D eigenvalue weighted by atomic mass is 32.1. The van der Waals surface area contributed by atoms with Gasteiger partial charge in [-0.05, 0) is 55.5 Å². The molecule has 0 atom stereocenters. The molecular formula is C31H31N5O2S. The van der Waals surface area contributed by atoms with Crippen LogP contribution in [-0.4, -0.2) is 20.3 Å². The van der Waals surface area contributed by atoms with Crippen molar-refractivity contribution in [3.8, 4) is 16.9 Å². The standard InChI is InChI=1S/C31H31N5O2S/c1-22-29(30(37)36(34(22)2)26-12-7-4-8-13-26)33-31-35(32-20-27-14-9-19-38-27)28(21-39-31)25-17-15-24(16-18-25)23-10-5-3-6-11-23/h4,7-9,12-21,23H,3,5-6,10-11H2,1-2H3. The summed E-state index contributed by atoms with van der Waals surface area (Å²) in [4.78, 5) is 19.0. The van der Waals surface area contributed by atoms with Gasteiger partial charge in [0.25, 0.3) is 5.56 Å². The maximum absolute atomic E-state index is 13.5. The molecule has 0 N–H and O–H groups in total. The second-order valence-corrected chi connectivity index (χ2v) is 10.8. The number of hydrogen-bond donors (Lipinski definition) is 0. The van der Waals surface area contributed by atoms with Crippen molar-refractivity contribution < 1.29 is 4.42 Å². The van der Waals surface area contributed by atoms with E-state index >= 15 is 0 Å². The van der Waals surface area contributed by atoms with Gasteiger partial charge in [0.1, 0.15) is 5.76 Å². The largest absolute Gasteiger partial charge is 0.463 e. The zero-order valence-electron chi connectivity index (χ0n) is 22.2. The molecule has 198 valence electrons. The smallest absolute Gasteiger partial charge is 0.297 e. The first-order chi connectivity index (χ1) is 19.1. The fourth-order valence-corrected chi connectivity index (χ4v) is 6.15. The minimum Gasteiger partial charge on any atom is -0.463 e. The van der Waals surface area contributed by atoms with Gasteiger partial charge in [0.05, 0.1) is 29.6 Å². The highest BCUT2D eigenvalue weighted by Crippen LogP contribution is 2.33. The molecule has 3 heterocycles. The van der Waals surface area contributed by atoms with Crippen LogP contribution in [0.3, 0.4) is 0 Å². The molecular weight excluding hydrogens is 506 g/mol. The van der Waals surface area contributed by atoms with Crippen LogP contribution in [-0.2, 0) is 7.05 Å². The molecule has 8 heteroatoms. The van der Waals surface area contributed by atoms with Gasteiger partial charge in [-0.15, -0.1) is 11.3 Å². The van der Waals surface area contributed by atoms with E-state index in [9.17, 15) is 4.79 Å². The Hall–Kier alpha value is -4.17. The fourth-order valence-electron chi connectivity index (χ4n) is 5.31. The Labute approximate surface area is 231 Å². The van der Waals surface area contributed by atoms with Crippen LogP contribution in [0.25, 0.3) is 16.9 Å². The van der Waals surface area contributed by atoms with Crippen molar-refractivity contribution in [2.24, 2.45) is 17.1 Å². The molecule has 0 unspecified atom stereocenters. The number of benzene rings is 2. The topological polar surface area (TPSA) is 69.7 Å². The molecule has 1 saturated carbocycles. The maximum atomic E-state index is 13.5. The molecule has 39 heavy (non-hydrogen) atoms. The van der Waals surface area contributed by atoms with Crippen molar-refractivity contribution >= 4 is 23.2 Å². The molecule has 3 aromatic heterocycles. The Kier molecular flexibility index (Phi) is 7.02. The van der Waals surface area contributed by atoms with Gasteiger partial charge in [-0.2, -0.15) is 5.10 Å². The quantitative estimate of drug-likeness (QED) is 0.224. The van der Waals surface area contributed by atoms with Crippen LogP contribution < -0.4 is 10.4 Å². The molecule has 0 radical (unpaired) electrons. The molecule has 7 nitrogen and oxygen atoms in total. The summed E-state index contributed by atoms with van der Waals surface area (Å²) in [7, 11) is 1.87. The van der Waals surface area contributed by atoms with Gasteiger partial charge >= 0.3 is 0 Å². The Morgan fingerprint density at radius 3 is 2.46 bits per heavy atom. The molecule has 2 aromatic carbocycles. The molecule has 1 aliphatic carbocycles. The van der Waals surface area contributed by atoms with Crippen molar-refractivity contribution in [3.05, 3.63) is 111 Å². The molecule has 5 aromatic rings. The molecule has 0 aliphatic heterocycles. The summed E-state index contributed by atoms with van der Waals surface area (Å²) in [5.41, 5.74) is 5.16. The summed E-state index contributed by atoms with van der Waals surface area (Å²) < 4.78 is 10.8. The molecule has 0 saturated heterocycles. The van der Waals surface area contributed by atoms with Gasteiger partial charge in [-0.3, -0.25) is 9.48 Å². The van der Waals surface area contributed by atoms with Gasteiger partial charge in [-0.1, -0.05) is 61.7 Å². The predicted molar refractivity (Wildman–Crippen MR) is 156 cm³/mol. The molecule has 0 spiro atoms. The summed E-state index contributed by atoms with van der Waals surface area (Å²) in [6.07, 6.45) is 9.81. The Bertz CT molecular complexity index is 1710. The Balaban J connectivity index is 1.45. The number of furan rings is 1. The molecule has 6 rings (SSSR count). The highest BCUT2D eigenvalue weighted by molar-refractivity contribution is 7.07. The van der Waals surface area contributed by atoms with E-state index < -0.39 is 0 Å². The third-order valence-electron chi connectivity index (χ3n) is 7.54. The number of rotatable bonds is 6. The van der Waals surface area contributed by atoms with Gasteiger partial charge in [0, 0.05) is 18.0 Å². The van der Waals surface area contributed by atoms with E-state index in [1.807, 2.05) is 66.5 Å². The highest BCUT2D eigenvalue weighted by Gasteiger charge is 2.18. The summed E-state index contributed by atoms with van der Waals surface area (Å²) in [5, 5.41) is 6.78. The van der Waals surface area contributed by atoms with E-state index in [-0.39, 0.29) is 5.56 Å². The van der Waals surface area contributed by atoms with Crippen molar-refractivity contribution in [1.29, 1.82) is 0 Å². The lowest BCUT2D eigenvalue weighted by molar-refractivity contribution is 0.443. The Morgan fingerprint density at radius 1 is 0.974 bits per heavy atom. The maximum Gasteiger partial charge on any atom is 0.297 e. The number of hydrogen-bond acceptors (Lipinski definition) is 5. The SMILES string of the molecule is Cc1c(N=c2scc(-c3ccc(C4CCCCC4)cc3)n2N=Cc2ccco2)c(=O)n(-c2ccccc2)n1C. The lowest BCUT2D eigenvalue weighted by atomic mass is 9.84. The summed E-state index contributed by atoms with van der Waals surface area (Å²) >= 11 is 1.46. The van der Waals surface area contributed by atoms with Gasteiger partial charge in [-0.25, -0.2) is 14.4 Å². The van der Waals surface area contributed by atoms with Crippen LogP contribution in [0.2, 0.25) is 0 Å².